The summed E-state index contributed by atoms with van der Waals surface area (Å²) >= 11 is 0. The molecule has 1 heterocycles. The number of aromatic nitrogens is 2. The molecule has 0 N–H and O–H groups in total. The lowest BCUT2D eigenvalue weighted by Gasteiger charge is -2.11. The summed E-state index contributed by atoms with van der Waals surface area (Å²) in [7, 11) is 1.56. The van der Waals surface area contributed by atoms with Gasteiger partial charge in [0.05, 0.1) is 13.7 Å². The van der Waals surface area contributed by atoms with Crippen LogP contribution in [0.15, 0.2) is 36.7 Å². The van der Waals surface area contributed by atoms with Crippen molar-refractivity contribution in [3.8, 4) is 11.5 Å². The highest BCUT2D eigenvalue weighted by Crippen LogP contribution is 2.28. The molecule has 0 amide bonds. The molecule has 0 atom stereocenters. The lowest BCUT2D eigenvalue weighted by molar-refractivity contribution is 0.101. The summed E-state index contributed by atoms with van der Waals surface area (Å²) in [6, 6.07) is 7.03. The van der Waals surface area contributed by atoms with Crippen molar-refractivity contribution < 1.29 is 14.3 Å². The molecule has 0 radical (unpaired) electrons. The van der Waals surface area contributed by atoms with Gasteiger partial charge in [0.15, 0.2) is 17.3 Å². The molecule has 0 aliphatic carbocycles. The molecule has 5 heteroatoms. The van der Waals surface area contributed by atoms with Crippen LogP contribution in [0.1, 0.15) is 17.3 Å². The minimum Gasteiger partial charge on any atom is -0.493 e. The molecule has 0 aliphatic heterocycles. The largest absolute Gasteiger partial charge is 0.493 e. The summed E-state index contributed by atoms with van der Waals surface area (Å²) in [6.07, 6.45) is 3.60. The lowest BCUT2D eigenvalue weighted by Crippen LogP contribution is -2.09. The molecule has 0 unspecified atom stereocenters. The average molecular weight is 260 g/mol. The Balaban J connectivity index is 2.01. The van der Waals surface area contributed by atoms with Gasteiger partial charge in [0.2, 0.25) is 0 Å². The predicted molar refractivity (Wildman–Crippen MR) is 70.7 cm³/mol. The van der Waals surface area contributed by atoms with Crippen LogP contribution in [0.25, 0.3) is 0 Å². The van der Waals surface area contributed by atoms with Crippen LogP contribution in [-0.4, -0.2) is 29.3 Å². The van der Waals surface area contributed by atoms with Crippen molar-refractivity contribution in [2.45, 2.75) is 13.5 Å². The average Bonchev–Trinajstić information content (AvgIpc) is 2.92. The molecule has 0 saturated heterocycles. The van der Waals surface area contributed by atoms with E-state index in [0.717, 1.165) is 0 Å². The zero-order valence-electron chi connectivity index (χ0n) is 11.0. The maximum Gasteiger partial charge on any atom is 0.161 e. The molecule has 1 aromatic carbocycles. The highest BCUT2D eigenvalue weighted by atomic mass is 16.5. The smallest absolute Gasteiger partial charge is 0.161 e. The van der Waals surface area contributed by atoms with Crippen molar-refractivity contribution in [1.82, 2.24) is 9.78 Å². The number of carbonyl (C=O) groups excluding carboxylic acids is 1. The monoisotopic (exact) mass is 260 g/mol. The molecule has 2 aromatic rings. The molecule has 0 bridgehead atoms. The summed E-state index contributed by atoms with van der Waals surface area (Å²) in [5.41, 5.74) is 0.608. The zero-order chi connectivity index (χ0) is 13.7. The van der Waals surface area contributed by atoms with Gasteiger partial charge in [-0.1, -0.05) is 0 Å². The van der Waals surface area contributed by atoms with Crippen LogP contribution >= 0.6 is 0 Å². The number of ether oxygens (including phenoxy) is 2. The van der Waals surface area contributed by atoms with Crippen molar-refractivity contribution in [2.75, 3.05) is 13.7 Å². The van der Waals surface area contributed by atoms with Gasteiger partial charge in [-0.25, -0.2) is 0 Å². The summed E-state index contributed by atoms with van der Waals surface area (Å²) in [5, 5.41) is 4.09. The topological polar surface area (TPSA) is 53.4 Å². The molecule has 0 saturated carbocycles. The maximum absolute atomic E-state index is 11.3. The van der Waals surface area contributed by atoms with E-state index in [-0.39, 0.29) is 5.78 Å². The Morgan fingerprint density at radius 2 is 2.21 bits per heavy atom. The number of Topliss-reactive ketones (excluding diaryl/α,β-unsaturated/α-hetero) is 1. The fraction of sp³-hybridized carbons (Fsp3) is 0.286. The van der Waals surface area contributed by atoms with Gasteiger partial charge in [-0.2, -0.15) is 5.10 Å². The Kier molecular flexibility index (Phi) is 4.18. The molecule has 0 aliphatic rings. The molecule has 2 rings (SSSR count). The number of carbonyl (C=O) groups is 1. The van der Waals surface area contributed by atoms with Crippen molar-refractivity contribution in [2.24, 2.45) is 0 Å². The van der Waals surface area contributed by atoms with Crippen molar-refractivity contribution in [3.63, 3.8) is 0 Å². The van der Waals surface area contributed by atoms with Gasteiger partial charge in [-0.05, 0) is 31.2 Å². The van der Waals surface area contributed by atoms with Crippen LogP contribution in [0.4, 0.5) is 0 Å². The van der Waals surface area contributed by atoms with Crippen molar-refractivity contribution in [1.29, 1.82) is 0 Å². The third-order valence-corrected chi connectivity index (χ3v) is 2.71. The number of benzene rings is 1. The lowest BCUT2D eigenvalue weighted by atomic mass is 10.1. The predicted octanol–water partition coefficient (Wildman–Crippen LogP) is 2.17. The van der Waals surface area contributed by atoms with E-state index < -0.39 is 0 Å². The van der Waals surface area contributed by atoms with Gasteiger partial charge in [0.25, 0.3) is 0 Å². The van der Waals surface area contributed by atoms with Crippen LogP contribution in [0.3, 0.4) is 0 Å². The number of hydrogen-bond acceptors (Lipinski definition) is 4. The highest BCUT2D eigenvalue weighted by molar-refractivity contribution is 5.94. The quantitative estimate of drug-likeness (QED) is 0.747. The fourth-order valence-electron chi connectivity index (χ4n) is 1.69. The zero-order valence-corrected chi connectivity index (χ0v) is 11.0. The second-order valence-corrected chi connectivity index (χ2v) is 4.04. The second-order valence-electron chi connectivity index (χ2n) is 4.04. The minimum absolute atomic E-state index is 0.00129. The van der Waals surface area contributed by atoms with Crippen LogP contribution in [0.2, 0.25) is 0 Å². The first-order chi connectivity index (χ1) is 9.20. The summed E-state index contributed by atoms with van der Waals surface area (Å²) in [4.78, 5) is 11.3. The van der Waals surface area contributed by atoms with E-state index in [2.05, 4.69) is 5.10 Å². The van der Waals surface area contributed by atoms with Crippen LogP contribution in [0, 0.1) is 0 Å². The molecule has 1 aromatic heterocycles. The summed E-state index contributed by atoms with van der Waals surface area (Å²) in [6.45, 7) is 2.66. The summed E-state index contributed by atoms with van der Waals surface area (Å²) in [5.74, 6) is 1.19. The van der Waals surface area contributed by atoms with E-state index in [1.807, 2.05) is 12.3 Å². The highest BCUT2D eigenvalue weighted by Gasteiger charge is 2.08. The molecule has 19 heavy (non-hydrogen) atoms. The molecular weight excluding hydrogens is 244 g/mol. The SMILES string of the molecule is COc1cc(C(C)=O)ccc1OCCn1cccn1. The Labute approximate surface area is 111 Å². The number of hydrogen-bond donors (Lipinski definition) is 0. The first-order valence-electron chi connectivity index (χ1n) is 6.00. The van der Waals surface area contributed by atoms with Crippen LogP contribution in [0.5, 0.6) is 11.5 Å². The number of methoxy groups -OCH3 is 1. The first-order valence-corrected chi connectivity index (χ1v) is 6.00. The Hall–Kier alpha value is -2.30. The van der Waals surface area contributed by atoms with Gasteiger partial charge >= 0.3 is 0 Å². The van der Waals surface area contributed by atoms with Gasteiger partial charge in [-0.15, -0.1) is 0 Å². The summed E-state index contributed by atoms with van der Waals surface area (Å²) < 4.78 is 12.7. The standard InChI is InChI=1S/C14H16N2O3/c1-11(17)12-4-5-13(14(10-12)18-2)19-9-8-16-7-3-6-15-16/h3-7,10H,8-9H2,1-2H3. The van der Waals surface area contributed by atoms with E-state index in [0.29, 0.717) is 30.2 Å². The normalized spacial score (nSPS) is 10.2. The molecule has 5 nitrogen and oxygen atoms in total. The van der Waals surface area contributed by atoms with E-state index in [1.54, 1.807) is 36.2 Å². The van der Waals surface area contributed by atoms with Crippen LogP contribution in [-0.2, 0) is 6.54 Å². The first kappa shape index (κ1) is 13.1. The Morgan fingerprint density at radius 3 is 2.84 bits per heavy atom. The number of nitrogens with zero attached hydrogens (tertiary/aromatic N) is 2. The fourth-order valence-corrected chi connectivity index (χ4v) is 1.69. The van der Waals surface area contributed by atoms with Crippen molar-refractivity contribution >= 4 is 5.78 Å². The van der Waals surface area contributed by atoms with Crippen LogP contribution < -0.4 is 9.47 Å². The van der Waals surface area contributed by atoms with E-state index in [9.17, 15) is 4.79 Å². The number of ketones is 1. The van der Waals surface area contributed by atoms with Gasteiger partial charge in [0.1, 0.15) is 6.61 Å². The maximum atomic E-state index is 11.3. The van der Waals surface area contributed by atoms with E-state index in [1.165, 1.54) is 6.92 Å². The third kappa shape index (κ3) is 3.34. The van der Waals surface area contributed by atoms with E-state index >= 15 is 0 Å². The Bertz CT molecular complexity index is 550. The molecule has 0 fully saturated rings. The molecule has 100 valence electrons. The second kappa shape index (κ2) is 6.04. The Morgan fingerprint density at radius 1 is 1.37 bits per heavy atom. The van der Waals surface area contributed by atoms with Gasteiger partial charge in [-0.3, -0.25) is 9.48 Å². The minimum atomic E-state index is 0.00129. The molecule has 0 spiro atoms. The van der Waals surface area contributed by atoms with Crippen molar-refractivity contribution in [3.05, 3.63) is 42.2 Å². The van der Waals surface area contributed by atoms with E-state index in [4.69, 9.17) is 9.47 Å². The molecular formula is C14H16N2O3. The van der Waals surface area contributed by atoms with Gasteiger partial charge < -0.3 is 9.47 Å². The third-order valence-electron chi connectivity index (χ3n) is 2.71. The number of rotatable bonds is 6. The van der Waals surface area contributed by atoms with Gasteiger partial charge in [0, 0.05) is 18.0 Å².